The zero-order chi connectivity index (χ0) is 22.9. The normalized spacial score (nSPS) is 14.7. The summed E-state index contributed by atoms with van der Waals surface area (Å²) >= 11 is 1.48. The number of carbonyl (C=O) groups excluding carboxylic acids is 2. The molecule has 0 unspecified atom stereocenters. The quantitative estimate of drug-likeness (QED) is 0.568. The fraction of sp³-hybridized carbons (Fsp3) is 0.440. The average Bonchev–Trinajstić information content (AvgIpc) is 3.31. The molecule has 0 heterocycles. The molecule has 3 rings (SSSR count). The van der Waals surface area contributed by atoms with Gasteiger partial charge < -0.3 is 15.0 Å². The largest absolute Gasteiger partial charge is 0.497 e. The number of thioether (sulfide) groups is 1. The molecule has 1 N–H and O–H groups in total. The lowest BCUT2D eigenvalue weighted by Gasteiger charge is -2.29. The van der Waals surface area contributed by atoms with Gasteiger partial charge in [0.2, 0.25) is 11.8 Å². The summed E-state index contributed by atoms with van der Waals surface area (Å²) in [5.74, 6) is 0.920. The molecule has 32 heavy (non-hydrogen) atoms. The Morgan fingerprint density at radius 3 is 2.50 bits per heavy atom. The van der Waals surface area contributed by atoms with Gasteiger partial charge in [-0.05, 0) is 43.5 Å². The maximum absolute atomic E-state index is 14.3. The number of benzene rings is 2. The zero-order valence-corrected chi connectivity index (χ0v) is 19.5. The number of halogens is 1. The van der Waals surface area contributed by atoms with Gasteiger partial charge in [0.05, 0.1) is 12.9 Å². The first-order valence-corrected chi connectivity index (χ1v) is 12.2. The number of amides is 2. The summed E-state index contributed by atoms with van der Waals surface area (Å²) < 4.78 is 19.5. The van der Waals surface area contributed by atoms with E-state index in [9.17, 15) is 14.0 Å². The van der Waals surface area contributed by atoms with E-state index in [4.69, 9.17) is 4.74 Å². The summed E-state index contributed by atoms with van der Waals surface area (Å²) in [6.45, 7) is 1.78. The molecule has 0 aromatic heterocycles. The Bertz CT molecular complexity index is 900. The summed E-state index contributed by atoms with van der Waals surface area (Å²) in [7, 11) is 1.62. The maximum Gasteiger partial charge on any atom is 0.242 e. The minimum Gasteiger partial charge on any atom is -0.497 e. The Kier molecular flexibility index (Phi) is 8.97. The number of nitrogens with one attached hydrogen (secondary N) is 1. The van der Waals surface area contributed by atoms with Gasteiger partial charge in [-0.3, -0.25) is 9.59 Å². The van der Waals surface area contributed by atoms with Crippen molar-refractivity contribution in [2.45, 2.75) is 57.0 Å². The molecule has 2 aromatic carbocycles. The van der Waals surface area contributed by atoms with Crippen molar-refractivity contribution in [3.8, 4) is 5.75 Å². The predicted molar refractivity (Wildman–Crippen MR) is 126 cm³/mol. The molecular formula is C25H31FN2O3S. The van der Waals surface area contributed by atoms with E-state index in [1.54, 1.807) is 32.2 Å². The summed E-state index contributed by atoms with van der Waals surface area (Å²) in [6.07, 6.45) is 4.16. The number of ether oxygens (including phenoxy) is 1. The Morgan fingerprint density at radius 1 is 1.16 bits per heavy atom. The highest BCUT2D eigenvalue weighted by atomic mass is 32.2. The lowest BCUT2D eigenvalue weighted by atomic mass is 10.1. The van der Waals surface area contributed by atoms with Crippen LogP contribution >= 0.6 is 11.8 Å². The van der Waals surface area contributed by atoms with Gasteiger partial charge >= 0.3 is 0 Å². The van der Waals surface area contributed by atoms with Crippen LogP contribution < -0.4 is 10.1 Å². The van der Waals surface area contributed by atoms with Gasteiger partial charge in [0.25, 0.3) is 0 Å². The van der Waals surface area contributed by atoms with Crippen LogP contribution in [0.3, 0.4) is 0 Å². The molecule has 7 heteroatoms. The fourth-order valence-electron chi connectivity index (χ4n) is 3.85. The summed E-state index contributed by atoms with van der Waals surface area (Å²) in [5, 5.41) is 3.06. The summed E-state index contributed by atoms with van der Waals surface area (Å²) in [5.41, 5.74) is 1.48. The van der Waals surface area contributed by atoms with E-state index in [1.807, 2.05) is 24.3 Å². The topological polar surface area (TPSA) is 58.6 Å². The Balaban J connectivity index is 1.64. The second kappa shape index (κ2) is 11.9. The van der Waals surface area contributed by atoms with Crippen LogP contribution in [0.15, 0.2) is 48.5 Å². The zero-order valence-electron chi connectivity index (χ0n) is 18.7. The Morgan fingerprint density at radius 2 is 1.84 bits per heavy atom. The number of nitrogens with zero attached hydrogens (tertiary/aromatic N) is 1. The number of hydrogen-bond donors (Lipinski definition) is 1. The van der Waals surface area contributed by atoms with E-state index in [0.717, 1.165) is 37.0 Å². The monoisotopic (exact) mass is 458 g/mol. The van der Waals surface area contributed by atoms with Crippen molar-refractivity contribution < 1.29 is 18.7 Å². The minimum absolute atomic E-state index is 0.0633. The third-order valence-electron chi connectivity index (χ3n) is 5.82. The molecule has 0 bridgehead atoms. The minimum atomic E-state index is -0.677. The highest BCUT2D eigenvalue weighted by Gasteiger charge is 2.28. The van der Waals surface area contributed by atoms with Crippen molar-refractivity contribution in [2.24, 2.45) is 0 Å². The van der Waals surface area contributed by atoms with Gasteiger partial charge in [-0.2, -0.15) is 0 Å². The van der Waals surface area contributed by atoms with Crippen molar-refractivity contribution in [3.05, 3.63) is 65.5 Å². The molecule has 1 saturated carbocycles. The van der Waals surface area contributed by atoms with Crippen LogP contribution in [0.1, 0.15) is 43.7 Å². The van der Waals surface area contributed by atoms with Crippen molar-refractivity contribution in [2.75, 3.05) is 12.9 Å². The fourth-order valence-corrected chi connectivity index (χ4v) is 4.72. The average molecular weight is 459 g/mol. The van der Waals surface area contributed by atoms with Crippen LogP contribution in [0.25, 0.3) is 0 Å². The number of rotatable bonds is 10. The third-order valence-corrected chi connectivity index (χ3v) is 6.81. The van der Waals surface area contributed by atoms with Gasteiger partial charge in [0.1, 0.15) is 17.6 Å². The van der Waals surface area contributed by atoms with E-state index in [2.05, 4.69) is 5.32 Å². The first kappa shape index (κ1) is 24.1. The second-order valence-corrected chi connectivity index (χ2v) is 9.11. The van der Waals surface area contributed by atoms with Crippen molar-refractivity contribution in [1.82, 2.24) is 10.2 Å². The predicted octanol–water partition coefficient (Wildman–Crippen LogP) is 4.54. The number of carbonyl (C=O) groups is 2. The molecule has 172 valence electrons. The van der Waals surface area contributed by atoms with Crippen LogP contribution in [0.5, 0.6) is 5.75 Å². The first-order chi connectivity index (χ1) is 15.5. The molecule has 0 saturated heterocycles. The number of hydrogen-bond acceptors (Lipinski definition) is 4. The van der Waals surface area contributed by atoms with Crippen LogP contribution in [0, 0.1) is 5.82 Å². The van der Waals surface area contributed by atoms with Crippen LogP contribution in [0.4, 0.5) is 4.39 Å². The first-order valence-electron chi connectivity index (χ1n) is 11.0. The van der Waals surface area contributed by atoms with E-state index in [1.165, 1.54) is 22.7 Å². The molecule has 1 fully saturated rings. The smallest absolute Gasteiger partial charge is 0.242 e. The van der Waals surface area contributed by atoms with Gasteiger partial charge in [0.15, 0.2) is 0 Å². The SMILES string of the molecule is COc1ccc(CSCC(=O)N(Cc2ccccc2F)[C@H](C)C(=O)NC2CCCC2)cc1. The van der Waals surface area contributed by atoms with Crippen molar-refractivity contribution in [3.63, 3.8) is 0 Å². The molecule has 1 aliphatic rings. The van der Waals surface area contributed by atoms with E-state index < -0.39 is 6.04 Å². The summed E-state index contributed by atoms with van der Waals surface area (Å²) in [6, 6.07) is 13.6. The Hall–Kier alpha value is -2.54. The van der Waals surface area contributed by atoms with Crippen LogP contribution in [-0.4, -0.2) is 41.7 Å². The van der Waals surface area contributed by atoms with E-state index >= 15 is 0 Å². The standard InChI is InChI=1S/C25H31FN2O3S/c1-18(25(30)27-21-8-4-5-9-21)28(15-20-7-3-6-10-23(20)26)24(29)17-32-16-19-11-13-22(31-2)14-12-19/h3,6-7,10-14,18,21H,4-5,8-9,15-17H2,1-2H3,(H,27,30)/t18-/m1/s1. The summed E-state index contributed by atoms with van der Waals surface area (Å²) in [4.78, 5) is 27.5. The molecule has 0 spiro atoms. The molecule has 0 radical (unpaired) electrons. The molecular weight excluding hydrogens is 427 g/mol. The molecule has 5 nitrogen and oxygen atoms in total. The molecule has 0 aliphatic heterocycles. The Labute approximate surface area is 193 Å². The van der Waals surface area contributed by atoms with Crippen molar-refractivity contribution in [1.29, 1.82) is 0 Å². The van der Waals surface area contributed by atoms with E-state index in [-0.39, 0.29) is 36.0 Å². The van der Waals surface area contributed by atoms with Crippen molar-refractivity contribution >= 4 is 23.6 Å². The molecule has 1 atom stereocenters. The van der Waals surface area contributed by atoms with Gasteiger partial charge in [-0.25, -0.2) is 4.39 Å². The number of methoxy groups -OCH3 is 1. The van der Waals surface area contributed by atoms with Crippen LogP contribution in [0.2, 0.25) is 0 Å². The van der Waals surface area contributed by atoms with E-state index in [0.29, 0.717) is 11.3 Å². The molecule has 2 amide bonds. The molecule has 1 aliphatic carbocycles. The lowest BCUT2D eigenvalue weighted by Crippen LogP contribution is -2.50. The maximum atomic E-state index is 14.3. The van der Waals surface area contributed by atoms with Gasteiger partial charge in [-0.1, -0.05) is 43.2 Å². The second-order valence-electron chi connectivity index (χ2n) is 8.12. The van der Waals surface area contributed by atoms with Gasteiger partial charge in [0, 0.05) is 23.9 Å². The highest BCUT2D eigenvalue weighted by molar-refractivity contribution is 7.99. The third kappa shape index (κ3) is 6.73. The van der Waals surface area contributed by atoms with Crippen LogP contribution in [-0.2, 0) is 21.9 Å². The van der Waals surface area contributed by atoms with Gasteiger partial charge in [-0.15, -0.1) is 11.8 Å². The molecule has 2 aromatic rings. The lowest BCUT2D eigenvalue weighted by molar-refractivity contribution is -0.139. The highest BCUT2D eigenvalue weighted by Crippen LogP contribution is 2.21.